The second-order valence-corrected chi connectivity index (χ2v) is 5.54. The summed E-state index contributed by atoms with van der Waals surface area (Å²) in [5, 5.41) is 24.2. The number of halogens is 1. The maximum Gasteiger partial charge on any atom is 0.244 e. The van der Waals surface area contributed by atoms with E-state index in [1.807, 2.05) is 6.92 Å². The van der Waals surface area contributed by atoms with Gasteiger partial charge in [-0.3, -0.25) is 9.48 Å². The molecule has 1 fully saturated rings. The highest BCUT2D eigenvalue weighted by atomic mass is 35.5. The standard InChI is InChI=1S/C13H20ClN3O4/c1-2-3-17(10-7-21-8-11(18)13(10)20)12(19)6-16-5-9(14)4-15-16/h4-5,10-11,13,18,20H,2-3,6-8H2,1H3/t10-,11-,13+/m1/s1. The molecule has 2 heterocycles. The van der Waals surface area contributed by atoms with Crippen LogP contribution in [0, 0.1) is 0 Å². The van der Waals surface area contributed by atoms with Crippen LogP contribution in [0.4, 0.5) is 0 Å². The molecule has 0 aromatic carbocycles. The lowest BCUT2D eigenvalue weighted by Gasteiger charge is -2.39. The van der Waals surface area contributed by atoms with Crippen LogP contribution in [-0.4, -0.2) is 68.8 Å². The van der Waals surface area contributed by atoms with E-state index in [2.05, 4.69) is 5.10 Å². The van der Waals surface area contributed by atoms with Crippen LogP contribution in [0.5, 0.6) is 0 Å². The molecule has 2 rings (SSSR count). The molecule has 0 spiro atoms. The number of hydrogen-bond donors (Lipinski definition) is 2. The van der Waals surface area contributed by atoms with Crippen molar-refractivity contribution >= 4 is 17.5 Å². The molecule has 0 unspecified atom stereocenters. The minimum atomic E-state index is -1.00. The normalized spacial score (nSPS) is 25.8. The van der Waals surface area contributed by atoms with Gasteiger partial charge in [0.05, 0.1) is 30.5 Å². The summed E-state index contributed by atoms with van der Waals surface area (Å²) in [5.41, 5.74) is 0. The maximum absolute atomic E-state index is 12.4. The summed E-state index contributed by atoms with van der Waals surface area (Å²) in [6.07, 6.45) is 1.78. The van der Waals surface area contributed by atoms with Gasteiger partial charge >= 0.3 is 0 Å². The number of amides is 1. The van der Waals surface area contributed by atoms with Crippen molar-refractivity contribution in [1.29, 1.82) is 0 Å². The van der Waals surface area contributed by atoms with Crippen molar-refractivity contribution in [3.8, 4) is 0 Å². The number of rotatable bonds is 5. The monoisotopic (exact) mass is 317 g/mol. The SMILES string of the molecule is CCCN(C(=O)Cn1cc(Cl)cn1)[C@@H]1COC[C@@H](O)[C@H]1O. The quantitative estimate of drug-likeness (QED) is 0.791. The van der Waals surface area contributed by atoms with Gasteiger partial charge in [0.15, 0.2) is 0 Å². The molecule has 0 bridgehead atoms. The van der Waals surface area contributed by atoms with Crippen LogP contribution in [0.3, 0.4) is 0 Å². The molecule has 118 valence electrons. The number of aliphatic hydroxyl groups is 2. The minimum Gasteiger partial charge on any atom is -0.388 e. The highest BCUT2D eigenvalue weighted by Crippen LogP contribution is 2.16. The molecule has 1 saturated heterocycles. The van der Waals surface area contributed by atoms with E-state index in [1.54, 1.807) is 11.1 Å². The highest BCUT2D eigenvalue weighted by molar-refractivity contribution is 6.30. The lowest BCUT2D eigenvalue weighted by atomic mass is 10.0. The van der Waals surface area contributed by atoms with Gasteiger partial charge in [-0.1, -0.05) is 18.5 Å². The fourth-order valence-corrected chi connectivity index (χ4v) is 2.56. The zero-order valence-electron chi connectivity index (χ0n) is 11.9. The summed E-state index contributed by atoms with van der Waals surface area (Å²) in [5.74, 6) is -0.196. The van der Waals surface area contributed by atoms with E-state index in [-0.39, 0.29) is 25.7 Å². The number of carbonyl (C=O) groups excluding carboxylic acids is 1. The first kappa shape index (κ1) is 16.2. The molecular formula is C13H20ClN3O4. The average Bonchev–Trinajstić information content (AvgIpc) is 2.85. The fourth-order valence-electron chi connectivity index (χ4n) is 2.41. The third kappa shape index (κ3) is 3.94. The number of aromatic nitrogens is 2. The molecule has 1 aromatic heterocycles. The van der Waals surface area contributed by atoms with Crippen LogP contribution >= 0.6 is 11.6 Å². The van der Waals surface area contributed by atoms with Crippen molar-refractivity contribution in [1.82, 2.24) is 14.7 Å². The summed E-state index contributed by atoms with van der Waals surface area (Å²) in [7, 11) is 0. The summed E-state index contributed by atoms with van der Waals surface area (Å²) < 4.78 is 6.69. The molecular weight excluding hydrogens is 298 g/mol. The molecule has 2 N–H and O–H groups in total. The molecule has 0 saturated carbocycles. The van der Waals surface area contributed by atoms with Gasteiger partial charge in [-0.2, -0.15) is 5.10 Å². The van der Waals surface area contributed by atoms with E-state index in [0.717, 1.165) is 6.42 Å². The van der Waals surface area contributed by atoms with Crippen LogP contribution < -0.4 is 0 Å². The number of nitrogens with zero attached hydrogens (tertiary/aromatic N) is 3. The topological polar surface area (TPSA) is 87.8 Å². The number of aliphatic hydroxyl groups excluding tert-OH is 2. The first-order chi connectivity index (χ1) is 10.0. The summed E-state index contributed by atoms with van der Waals surface area (Å²) in [6.45, 7) is 2.75. The Kier molecular flexibility index (Phi) is 5.58. The van der Waals surface area contributed by atoms with Gasteiger partial charge in [-0.15, -0.1) is 0 Å². The molecule has 0 aliphatic carbocycles. The highest BCUT2D eigenvalue weighted by Gasteiger charge is 2.37. The summed E-state index contributed by atoms with van der Waals surface area (Å²) in [6, 6.07) is -0.549. The fraction of sp³-hybridized carbons (Fsp3) is 0.692. The Labute approximate surface area is 128 Å². The van der Waals surface area contributed by atoms with E-state index in [4.69, 9.17) is 16.3 Å². The first-order valence-electron chi connectivity index (χ1n) is 6.94. The third-order valence-electron chi connectivity index (χ3n) is 3.45. The van der Waals surface area contributed by atoms with E-state index >= 15 is 0 Å². The molecule has 1 aliphatic rings. The second kappa shape index (κ2) is 7.22. The van der Waals surface area contributed by atoms with Gasteiger partial charge in [-0.25, -0.2) is 0 Å². The smallest absolute Gasteiger partial charge is 0.244 e. The Morgan fingerprint density at radius 1 is 1.57 bits per heavy atom. The number of ether oxygens (including phenoxy) is 1. The lowest BCUT2D eigenvalue weighted by Crippen LogP contribution is -2.58. The lowest BCUT2D eigenvalue weighted by molar-refractivity contribution is -0.157. The van der Waals surface area contributed by atoms with Gasteiger partial charge in [0.25, 0.3) is 0 Å². The molecule has 8 heteroatoms. The molecule has 21 heavy (non-hydrogen) atoms. The second-order valence-electron chi connectivity index (χ2n) is 5.11. The molecule has 3 atom stereocenters. The minimum absolute atomic E-state index is 0.0338. The Balaban J connectivity index is 2.08. The van der Waals surface area contributed by atoms with Crippen molar-refractivity contribution in [2.75, 3.05) is 19.8 Å². The predicted molar refractivity (Wildman–Crippen MR) is 75.9 cm³/mol. The van der Waals surface area contributed by atoms with Crippen molar-refractivity contribution < 1.29 is 19.7 Å². The van der Waals surface area contributed by atoms with Crippen LogP contribution in [0.15, 0.2) is 12.4 Å². The van der Waals surface area contributed by atoms with Gasteiger partial charge in [0.1, 0.15) is 18.8 Å². The third-order valence-corrected chi connectivity index (χ3v) is 3.65. The molecule has 1 aromatic rings. The van der Waals surface area contributed by atoms with Crippen molar-refractivity contribution in [2.24, 2.45) is 0 Å². The Bertz CT molecular complexity index is 482. The van der Waals surface area contributed by atoms with E-state index in [0.29, 0.717) is 11.6 Å². The van der Waals surface area contributed by atoms with Crippen molar-refractivity contribution in [3.63, 3.8) is 0 Å². The number of hydrogen-bond acceptors (Lipinski definition) is 5. The van der Waals surface area contributed by atoms with Crippen LogP contribution in [0.1, 0.15) is 13.3 Å². The Morgan fingerprint density at radius 3 is 2.95 bits per heavy atom. The average molecular weight is 318 g/mol. The van der Waals surface area contributed by atoms with Crippen molar-refractivity contribution in [2.45, 2.75) is 38.1 Å². The van der Waals surface area contributed by atoms with Crippen LogP contribution in [0.25, 0.3) is 0 Å². The van der Waals surface area contributed by atoms with E-state index < -0.39 is 18.2 Å². The largest absolute Gasteiger partial charge is 0.388 e. The summed E-state index contributed by atoms with van der Waals surface area (Å²) in [4.78, 5) is 14.0. The van der Waals surface area contributed by atoms with Gasteiger partial charge < -0.3 is 19.8 Å². The zero-order chi connectivity index (χ0) is 15.4. The summed E-state index contributed by atoms with van der Waals surface area (Å²) >= 11 is 5.77. The molecule has 1 aliphatic heterocycles. The Morgan fingerprint density at radius 2 is 2.33 bits per heavy atom. The maximum atomic E-state index is 12.4. The van der Waals surface area contributed by atoms with E-state index in [1.165, 1.54) is 10.9 Å². The molecule has 7 nitrogen and oxygen atoms in total. The zero-order valence-corrected chi connectivity index (χ0v) is 12.6. The van der Waals surface area contributed by atoms with Crippen LogP contribution in [0.2, 0.25) is 5.02 Å². The van der Waals surface area contributed by atoms with Crippen LogP contribution in [-0.2, 0) is 16.1 Å². The van der Waals surface area contributed by atoms with Crippen molar-refractivity contribution in [3.05, 3.63) is 17.4 Å². The number of carbonyl (C=O) groups is 1. The Hall–Kier alpha value is -1.15. The van der Waals surface area contributed by atoms with Gasteiger partial charge in [0.2, 0.25) is 5.91 Å². The van der Waals surface area contributed by atoms with Gasteiger partial charge in [-0.05, 0) is 6.42 Å². The first-order valence-corrected chi connectivity index (χ1v) is 7.32. The van der Waals surface area contributed by atoms with E-state index in [9.17, 15) is 15.0 Å². The predicted octanol–water partition coefficient (Wildman–Crippen LogP) is -0.104. The molecule has 1 amide bonds. The van der Waals surface area contributed by atoms with Gasteiger partial charge in [0, 0.05) is 12.7 Å². The molecule has 0 radical (unpaired) electrons.